The minimum absolute atomic E-state index is 0.257. The lowest BCUT2D eigenvalue weighted by atomic mass is 10.1. The van der Waals surface area contributed by atoms with Crippen LogP contribution in [0.4, 0.5) is 0 Å². The number of nitrogens with zero attached hydrogens (tertiary/aromatic N) is 3. The van der Waals surface area contributed by atoms with E-state index in [0.29, 0.717) is 0 Å². The first kappa shape index (κ1) is 8.00. The van der Waals surface area contributed by atoms with Gasteiger partial charge in [0.1, 0.15) is 5.69 Å². The van der Waals surface area contributed by atoms with Crippen molar-refractivity contribution in [2.45, 2.75) is 6.04 Å². The SMILES string of the molecule is Cn1ncc(C(N)c2ccoc2)n1. The number of hydrogen-bond acceptors (Lipinski definition) is 4. The highest BCUT2D eigenvalue weighted by molar-refractivity contribution is 5.20. The van der Waals surface area contributed by atoms with Crippen molar-refractivity contribution in [2.75, 3.05) is 0 Å². The number of aromatic nitrogens is 3. The third-order valence-corrected chi connectivity index (χ3v) is 1.84. The van der Waals surface area contributed by atoms with Crippen LogP contribution < -0.4 is 5.73 Å². The monoisotopic (exact) mass is 178 g/mol. The van der Waals surface area contributed by atoms with Crippen molar-refractivity contribution < 1.29 is 4.42 Å². The Morgan fingerprint density at radius 3 is 3.00 bits per heavy atom. The van der Waals surface area contributed by atoms with Crippen LogP contribution in [0.3, 0.4) is 0 Å². The normalized spacial score (nSPS) is 13.1. The van der Waals surface area contributed by atoms with Gasteiger partial charge in [-0.15, -0.1) is 0 Å². The Bertz CT molecular complexity index is 379. The smallest absolute Gasteiger partial charge is 0.104 e. The molecule has 0 fully saturated rings. The zero-order valence-electron chi connectivity index (χ0n) is 7.21. The van der Waals surface area contributed by atoms with E-state index >= 15 is 0 Å². The molecule has 2 N–H and O–H groups in total. The second kappa shape index (κ2) is 3.02. The highest BCUT2D eigenvalue weighted by atomic mass is 16.3. The number of furan rings is 1. The van der Waals surface area contributed by atoms with E-state index in [2.05, 4.69) is 10.2 Å². The Morgan fingerprint density at radius 2 is 2.46 bits per heavy atom. The lowest BCUT2D eigenvalue weighted by Crippen LogP contribution is -2.11. The molecule has 0 aromatic carbocycles. The summed E-state index contributed by atoms with van der Waals surface area (Å²) in [4.78, 5) is 1.48. The molecule has 0 aliphatic heterocycles. The van der Waals surface area contributed by atoms with Gasteiger partial charge in [-0.3, -0.25) is 0 Å². The van der Waals surface area contributed by atoms with Crippen LogP contribution in [-0.4, -0.2) is 15.0 Å². The van der Waals surface area contributed by atoms with Gasteiger partial charge >= 0.3 is 0 Å². The molecule has 0 saturated heterocycles. The molecule has 0 spiro atoms. The summed E-state index contributed by atoms with van der Waals surface area (Å²) in [6.45, 7) is 0. The molecule has 2 rings (SSSR count). The van der Waals surface area contributed by atoms with Gasteiger partial charge in [0, 0.05) is 12.6 Å². The molecule has 13 heavy (non-hydrogen) atoms. The van der Waals surface area contributed by atoms with Gasteiger partial charge in [-0.1, -0.05) is 0 Å². The summed E-state index contributed by atoms with van der Waals surface area (Å²) >= 11 is 0. The molecule has 1 atom stereocenters. The molecule has 5 heteroatoms. The molecule has 5 nitrogen and oxygen atoms in total. The molecule has 0 aliphatic carbocycles. The zero-order chi connectivity index (χ0) is 9.26. The summed E-state index contributed by atoms with van der Waals surface area (Å²) in [6.07, 6.45) is 4.85. The lowest BCUT2D eigenvalue weighted by Gasteiger charge is -2.03. The van der Waals surface area contributed by atoms with Crippen LogP contribution >= 0.6 is 0 Å². The quantitative estimate of drug-likeness (QED) is 0.725. The van der Waals surface area contributed by atoms with Crippen LogP contribution in [0.5, 0.6) is 0 Å². The standard InChI is InChI=1S/C8H10N4O/c1-12-10-4-7(11-12)8(9)6-2-3-13-5-6/h2-5,8H,9H2,1H3. The van der Waals surface area contributed by atoms with Gasteiger partial charge in [-0.05, 0) is 6.07 Å². The third kappa shape index (κ3) is 1.46. The van der Waals surface area contributed by atoms with Crippen LogP contribution in [0.2, 0.25) is 0 Å². The molecule has 68 valence electrons. The van der Waals surface area contributed by atoms with Crippen molar-refractivity contribution >= 4 is 0 Å². The fourth-order valence-corrected chi connectivity index (χ4v) is 1.13. The van der Waals surface area contributed by atoms with E-state index in [-0.39, 0.29) is 6.04 Å². The van der Waals surface area contributed by atoms with Crippen LogP contribution in [-0.2, 0) is 7.05 Å². The summed E-state index contributed by atoms with van der Waals surface area (Å²) in [5.74, 6) is 0. The second-order valence-electron chi connectivity index (χ2n) is 2.79. The van der Waals surface area contributed by atoms with E-state index in [1.165, 1.54) is 4.80 Å². The Hall–Kier alpha value is -1.62. The first-order valence-corrected chi connectivity index (χ1v) is 3.91. The Morgan fingerprint density at radius 1 is 1.62 bits per heavy atom. The van der Waals surface area contributed by atoms with Gasteiger partial charge in [0.25, 0.3) is 0 Å². The molecule has 2 aromatic heterocycles. The van der Waals surface area contributed by atoms with Gasteiger partial charge in [0.15, 0.2) is 0 Å². The summed E-state index contributed by atoms with van der Waals surface area (Å²) in [5, 5.41) is 8.05. The number of aryl methyl sites for hydroxylation is 1. The second-order valence-corrected chi connectivity index (χ2v) is 2.79. The molecular formula is C8H10N4O. The number of hydrogen-bond donors (Lipinski definition) is 1. The molecule has 0 amide bonds. The predicted octanol–water partition coefficient (Wildman–Crippen LogP) is 0.456. The van der Waals surface area contributed by atoms with Crippen LogP contribution in [0.25, 0.3) is 0 Å². The minimum Gasteiger partial charge on any atom is -0.472 e. The highest BCUT2D eigenvalue weighted by Gasteiger charge is 2.12. The fourth-order valence-electron chi connectivity index (χ4n) is 1.13. The summed E-state index contributed by atoms with van der Waals surface area (Å²) in [5.41, 5.74) is 7.54. The maximum absolute atomic E-state index is 5.90. The van der Waals surface area contributed by atoms with Crippen LogP contribution in [0.1, 0.15) is 17.3 Å². The first-order chi connectivity index (χ1) is 6.27. The minimum atomic E-state index is -0.257. The predicted molar refractivity (Wildman–Crippen MR) is 45.7 cm³/mol. The maximum Gasteiger partial charge on any atom is 0.104 e. The first-order valence-electron chi connectivity index (χ1n) is 3.91. The Kier molecular flexibility index (Phi) is 1.86. The molecule has 0 aliphatic rings. The average Bonchev–Trinajstić information content (AvgIpc) is 2.72. The Labute approximate surface area is 75.1 Å². The van der Waals surface area contributed by atoms with E-state index in [1.807, 2.05) is 6.07 Å². The van der Waals surface area contributed by atoms with Gasteiger partial charge in [0.2, 0.25) is 0 Å². The van der Waals surface area contributed by atoms with Crippen molar-refractivity contribution in [2.24, 2.45) is 12.8 Å². The van der Waals surface area contributed by atoms with E-state index in [9.17, 15) is 0 Å². The largest absolute Gasteiger partial charge is 0.472 e. The van der Waals surface area contributed by atoms with Crippen molar-refractivity contribution in [3.05, 3.63) is 36.0 Å². The molecule has 2 aromatic rings. The van der Waals surface area contributed by atoms with Gasteiger partial charge in [-0.2, -0.15) is 15.0 Å². The van der Waals surface area contributed by atoms with Gasteiger partial charge < -0.3 is 10.2 Å². The zero-order valence-corrected chi connectivity index (χ0v) is 7.21. The average molecular weight is 178 g/mol. The maximum atomic E-state index is 5.90. The van der Waals surface area contributed by atoms with Gasteiger partial charge in [0.05, 0.1) is 24.8 Å². The fraction of sp³-hybridized carbons (Fsp3) is 0.250. The lowest BCUT2D eigenvalue weighted by molar-refractivity contribution is 0.561. The van der Waals surface area contributed by atoms with Crippen LogP contribution in [0.15, 0.2) is 29.2 Å². The van der Waals surface area contributed by atoms with Crippen molar-refractivity contribution in [1.29, 1.82) is 0 Å². The van der Waals surface area contributed by atoms with Crippen molar-refractivity contribution in [3.8, 4) is 0 Å². The molecule has 1 unspecified atom stereocenters. The van der Waals surface area contributed by atoms with Crippen LogP contribution in [0, 0.1) is 0 Å². The van der Waals surface area contributed by atoms with E-state index in [4.69, 9.17) is 10.2 Å². The van der Waals surface area contributed by atoms with E-state index in [0.717, 1.165) is 11.3 Å². The molecular weight excluding hydrogens is 168 g/mol. The van der Waals surface area contributed by atoms with E-state index < -0.39 is 0 Å². The molecule has 2 heterocycles. The molecule has 0 radical (unpaired) electrons. The van der Waals surface area contributed by atoms with Crippen molar-refractivity contribution in [1.82, 2.24) is 15.0 Å². The Balaban J connectivity index is 2.28. The van der Waals surface area contributed by atoms with Crippen molar-refractivity contribution in [3.63, 3.8) is 0 Å². The third-order valence-electron chi connectivity index (χ3n) is 1.84. The molecule has 0 saturated carbocycles. The molecule has 0 bridgehead atoms. The highest BCUT2D eigenvalue weighted by Crippen LogP contribution is 2.16. The van der Waals surface area contributed by atoms with E-state index in [1.54, 1.807) is 25.8 Å². The topological polar surface area (TPSA) is 69.9 Å². The number of nitrogens with two attached hydrogens (primary N) is 1. The summed E-state index contributed by atoms with van der Waals surface area (Å²) < 4.78 is 4.93. The summed E-state index contributed by atoms with van der Waals surface area (Å²) in [6, 6.07) is 1.56. The summed E-state index contributed by atoms with van der Waals surface area (Å²) in [7, 11) is 1.76. The van der Waals surface area contributed by atoms with Gasteiger partial charge in [-0.25, -0.2) is 0 Å². The number of rotatable bonds is 2.